The zero-order valence-electron chi connectivity index (χ0n) is 15.4. The number of aromatic nitrogens is 2. The molecule has 1 saturated heterocycles. The van der Waals surface area contributed by atoms with Gasteiger partial charge in [-0.05, 0) is 30.9 Å². The summed E-state index contributed by atoms with van der Waals surface area (Å²) in [6, 6.07) is 12.0. The molecule has 2 aromatic heterocycles. The van der Waals surface area contributed by atoms with E-state index in [2.05, 4.69) is 17.9 Å². The number of hydrogen-bond acceptors (Lipinski definition) is 5. The normalized spacial score (nSPS) is 17.9. The van der Waals surface area contributed by atoms with Gasteiger partial charge in [-0.2, -0.15) is 5.26 Å². The molecule has 0 bridgehead atoms. The van der Waals surface area contributed by atoms with Gasteiger partial charge in [0.25, 0.3) is 5.56 Å². The van der Waals surface area contributed by atoms with Gasteiger partial charge in [-0.15, -0.1) is 11.3 Å². The predicted molar refractivity (Wildman–Crippen MR) is 109 cm³/mol. The summed E-state index contributed by atoms with van der Waals surface area (Å²) in [4.78, 5) is 21.2. The highest BCUT2D eigenvalue weighted by Crippen LogP contribution is 2.31. The number of nitrogens with zero attached hydrogens (tertiary/aromatic N) is 4. The third kappa shape index (κ3) is 3.53. The van der Waals surface area contributed by atoms with Crippen LogP contribution in [0.1, 0.15) is 25.6 Å². The summed E-state index contributed by atoms with van der Waals surface area (Å²) in [5.41, 5.74) is 1.79. The Morgan fingerprint density at radius 3 is 2.89 bits per heavy atom. The fraction of sp³-hybridized carbons (Fsp3) is 0.381. The maximum atomic E-state index is 13.3. The van der Waals surface area contributed by atoms with Gasteiger partial charge in [0.05, 0.1) is 18.0 Å². The lowest BCUT2D eigenvalue weighted by Crippen LogP contribution is -2.36. The second-order valence-electron chi connectivity index (χ2n) is 7.26. The van der Waals surface area contributed by atoms with E-state index >= 15 is 0 Å². The summed E-state index contributed by atoms with van der Waals surface area (Å²) in [6.45, 7) is 4.95. The molecule has 27 heavy (non-hydrogen) atoms. The highest BCUT2D eigenvalue weighted by molar-refractivity contribution is 7.17. The molecule has 0 spiro atoms. The van der Waals surface area contributed by atoms with E-state index in [1.54, 1.807) is 4.57 Å². The minimum atomic E-state index is -0.110. The number of likely N-dealkylation sites (tertiary alicyclic amines) is 1. The van der Waals surface area contributed by atoms with Crippen LogP contribution in [0.4, 0.5) is 0 Å². The molecule has 0 aliphatic carbocycles. The van der Waals surface area contributed by atoms with Gasteiger partial charge in [-0.25, -0.2) is 4.98 Å². The van der Waals surface area contributed by atoms with Crippen molar-refractivity contribution in [1.29, 1.82) is 5.26 Å². The SMILES string of the molecule is CC1CCCN(Cc2nc3scc(-c4ccccc4)c3c(=O)n2CC#N)C1. The van der Waals surface area contributed by atoms with Gasteiger partial charge in [-0.3, -0.25) is 14.3 Å². The highest BCUT2D eigenvalue weighted by Gasteiger charge is 2.21. The molecule has 1 fully saturated rings. The fourth-order valence-electron chi connectivity index (χ4n) is 3.88. The molecule has 5 nitrogen and oxygen atoms in total. The molecule has 1 unspecified atom stereocenters. The van der Waals surface area contributed by atoms with E-state index in [-0.39, 0.29) is 12.1 Å². The lowest BCUT2D eigenvalue weighted by molar-refractivity contribution is 0.170. The van der Waals surface area contributed by atoms with E-state index in [4.69, 9.17) is 4.98 Å². The second-order valence-corrected chi connectivity index (χ2v) is 8.11. The lowest BCUT2D eigenvalue weighted by Gasteiger charge is -2.30. The Morgan fingerprint density at radius 2 is 2.15 bits per heavy atom. The van der Waals surface area contributed by atoms with Crippen molar-refractivity contribution in [3.05, 3.63) is 51.9 Å². The monoisotopic (exact) mass is 378 g/mol. The third-order valence-corrected chi connectivity index (χ3v) is 6.06. The van der Waals surface area contributed by atoms with Gasteiger partial charge in [0.2, 0.25) is 0 Å². The van der Waals surface area contributed by atoms with Crippen LogP contribution in [0, 0.1) is 17.2 Å². The Labute approximate surface area is 162 Å². The molecule has 138 valence electrons. The fourth-order valence-corrected chi connectivity index (χ4v) is 4.84. The molecule has 1 aromatic carbocycles. The first kappa shape index (κ1) is 17.9. The number of fused-ring (bicyclic) bond motifs is 1. The molecule has 0 saturated carbocycles. The number of nitriles is 1. The molecule has 1 aliphatic rings. The maximum Gasteiger partial charge on any atom is 0.263 e. The molecule has 0 amide bonds. The Bertz CT molecular complexity index is 1050. The molecule has 0 radical (unpaired) electrons. The average molecular weight is 379 g/mol. The number of thiophene rings is 1. The Hall–Kier alpha value is -2.49. The molecule has 4 rings (SSSR count). The van der Waals surface area contributed by atoms with Crippen molar-refractivity contribution in [2.45, 2.75) is 32.9 Å². The lowest BCUT2D eigenvalue weighted by atomic mass is 10.0. The molecule has 0 N–H and O–H groups in total. The first-order valence-corrected chi connectivity index (χ1v) is 10.2. The van der Waals surface area contributed by atoms with Crippen LogP contribution in [0.2, 0.25) is 0 Å². The minimum absolute atomic E-state index is 0.0323. The van der Waals surface area contributed by atoms with Crippen LogP contribution in [0.3, 0.4) is 0 Å². The molecule has 6 heteroatoms. The van der Waals surface area contributed by atoms with E-state index in [9.17, 15) is 10.1 Å². The van der Waals surface area contributed by atoms with Crippen LogP contribution >= 0.6 is 11.3 Å². The van der Waals surface area contributed by atoms with Crippen LogP contribution in [-0.4, -0.2) is 27.5 Å². The topological polar surface area (TPSA) is 61.9 Å². The van der Waals surface area contributed by atoms with E-state index in [1.807, 2.05) is 35.7 Å². The maximum absolute atomic E-state index is 13.3. The highest BCUT2D eigenvalue weighted by atomic mass is 32.1. The van der Waals surface area contributed by atoms with Gasteiger partial charge in [0.1, 0.15) is 17.2 Å². The van der Waals surface area contributed by atoms with Crippen LogP contribution < -0.4 is 5.56 Å². The van der Waals surface area contributed by atoms with Crippen LogP contribution in [-0.2, 0) is 13.1 Å². The van der Waals surface area contributed by atoms with Gasteiger partial charge >= 0.3 is 0 Å². The molecule has 1 atom stereocenters. The standard InChI is InChI=1S/C21H22N4OS/c1-15-6-5-10-24(12-15)13-18-23-20-19(21(26)25(18)11-9-22)17(14-27-20)16-7-3-2-4-8-16/h2-4,7-8,14-15H,5-6,10-13H2,1H3. The van der Waals surface area contributed by atoms with E-state index < -0.39 is 0 Å². The summed E-state index contributed by atoms with van der Waals surface area (Å²) in [5.74, 6) is 1.36. The first-order valence-electron chi connectivity index (χ1n) is 9.33. The van der Waals surface area contributed by atoms with Gasteiger partial charge < -0.3 is 0 Å². The van der Waals surface area contributed by atoms with Crippen molar-refractivity contribution >= 4 is 21.6 Å². The Balaban J connectivity index is 1.80. The summed E-state index contributed by atoms with van der Waals surface area (Å²) >= 11 is 1.50. The van der Waals surface area contributed by atoms with Gasteiger partial charge in [0.15, 0.2) is 0 Å². The zero-order valence-corrected chi connectivity index (χ0v) is 16.2. The second kappa shape index (κ2) is 7.63. The van der Waals surface area contributed by atoms with Crippen LogP contribution in [0.15, 0.2) is 40.5 Å². The number of benzene rings is 1. The first-order chi connectivity index (χ1) is 13.2. The molecular formula is C21H22N4OS. The molecule has 1 aliphatic heterocycles. The van der Waals surface area contributed by atoms with E-state index in [1.165, 1.54) is 24.2 Å². The quantitative estimate of drug-likeness (QED) is 0.691. The van der Waals surface area contributed by atoms with E-state index in [0.29, 0.717) is 23.7 Å². The van der Waals surface area contributed by atoms with Crippen molar-refractivity contribution < 1.29 is 0 Å². The van der Waals surface area contributed by atoms with Crippen molar-refractivity contribution in [3.63, 3.8) is 0 Å². The van der Waals surface area contributed by atoms with Crippen molar-refractivity contribution in [2.24, 2.45) is 5.92 Å². The summed E-state index contributed by atoms with van der Waals surface area (Å²) < 4.78 is 1.56. The summed E-state index contributed by atoms with van der Waals surface area (Å²) in [6.07, 6.45) is 2.42. The minimum Gasteiger partial charge on any atom is -0.296 e. The third-order valence-electron chi connectivity index (χ3n) is 5.19. The zero-order chi connectivity index (χ0) is 18.8. The van der Waals surface area contributed by atoms with Crippen LogP contribution in [0.5, 0.6) is 0 Å². The Morgan fingerprint density at radius 1 is 1.33 bits per heavy atom. The average Bonchev–Trinajstić information content (AvgIpc) is 3.10. The molecular weight excluding hydrogens is 356 g/mol. The van der Waals surface area contributed by atoms with Crippen molar-refractivity contribution in [3.8, 4) is 17.2 Å². The molecule has 3 aromatic rings. The number of hydrogen-bond donors (Lipinski definition) is 0. The summed E-state index contributed by atoms with van der Waals surface area (Å²) in [5, 5.41) is 11.9. The number of rotatable bonds is 4. The summed E-state index contributed by atoms with van der Waals surface area (Å²) in [7, 11) is 0. The Kier molecular flexibility index (Phi) is 5.06. The number of piperidine rings is 1. The van der Waals surface area contributed by atoms with Gasteiger partial charge in [0, 0.05) is 17.5 Å². The van der Waals surface area contributed by atoms with Crippen molar-refractivity contribution in [2.75, 3.05) is 13.1 Å². The van der Waals surface area contributed by atoms with Crippen LogP contribution in [0.25, 0.3) is 21.3 Å². The smallest absolute Gasteiger partial charge is 0.263 e. The largest absolute Gasteiger partial charge is 0.296 e. The molecule has 3 heterocycles. The predicted octanol–water partition coefficient (Wildman–Crippen LogP) is 3.88. The van der Waals surface area contributed by atoms with Crippen molar-refractivity contribution in [1.82, 2.24) is 14.5 Å². The van der Waals surface area contributed by atoms with Gasteiger partial charge in [-0.1, -0.05) is 37.3 Å². The van der Waals surface area contributed by atoms with E-state index in [0.717, 1.165) is 29.0 Å².